The van der Waals surface area contributed by atoms with E-state index < -0.39 is 0 Å². The molecule has 136 valence electrons. The van der Waals surface area contributed by atoms with Gasteiger partial charge in [0.15, 0.2) is 0 Å². The monoisotopic (exact) mass is 352 g/mol. The molecule has 0 radical (unpaired) electrons. The van der Waals surface area contributed by atoms with E-state index in [1.165, 1.54) is 0 Å². The first-order valence-electron chi connectivity index (χ1n) is 8.83. The van der Waals surface area contributed by atoms with Crippen LogP contribution in [0.3, 0.4) is 0 Å². The number of aliphatic hydroxyl groups excluding tert-OH is 1. The minimum absolute atomic E-state index is 0.0376. The van der Waals surface area contributed by atoms with E-state index in [0.717, 1.165) is 22.9 Å². The largest absolute Gasteiger partial charge is 0.493 e. The van der Waals surface area contributed by atoms with Crippen LogP contribution in [0.4, 0.5) is 0 Å². The zero-order chi connectivity index (χ0) is 18.7. The van der Waals surface area contributed by atoms with E-state index in [-0.39, 0.29) is 17.6 Å². The number of benzene rings is 2. The fraction of sp³-hybridized carbons (Fsp3) is 0.318. The van der Waals surface area contributed by atoms with Crippen LogP contribution in [0.25, 0.3) is 22.1 Å². The number of ether oxygens (including phenoxy) is 1. The van der Waals surface area contributed by atoms with E-state index in [1.54, 1.807) is 6.07 Å². The average Bonchev–Trinajstić information content (AvgIpc) is 2.65. The maximum atomic E-state index is 12.5. The van der Waals surface area contributed by atoms with Gasteiger partial charge in [-0.1, -0.05) is 45.0 Å². The van der Waals surface area contributed by atoms with Crippen LogP contribution >= 0.6 is 0 Å². The minimum atomic E-state index is -0.355. The van der Waals surface area contributed by atoms with E-state index in [9.17, 15) is 9.90 Å². The van der Waals surface area contributed by atoms with Gasteiger partial charge in [-0.25, -0.2) is 4.79 Å². The predicted molar refractivity (Wildman–Crippen MR) is 104 cm³/mol. The topological polar surface area (TPSA) is 59.7 Å². The standard InChI is InChI=1S/C22H24O4/c1-4-15-7-5-6-8-18(15)19-11-16-9-10-17(12-20(16)26-21(19)24)25-14-22(2,3)13-23/h5-12,23H,4,13-14H2,1-3H3. The smallest absolute Gasteiger partial charge is 0.344 e. The quantitative estimate of drug-likeness (QED) is 0.667. The molecule has 0 bridgehead atoms. The molecule has 0 saturated heterocycles. The van der Waals surface area contributed by atoms with Gasteiger partial charge in [-0.3, -0.25) is 0 Å². The molecule has 0 atom stereocenters. The van der Waals surface area contributed by atoms with Crippen molar-refractivity contribution in [3.05, 3.63) is 64.5 Å². The second kappa shape index (κ2) is 7.34. The molecule has 2 aromatic carbocycles. The molecule has 3 rings (SSSR count). The lowest BCUT2D eigenvalue weighted by Crippen LogP contribution is -2.25. The summed E-state index contributed by atoms with van der Waals surface area (Å²) in [4.78, 5) is 12.5. The van der Waals surface area contributed by atoms with Crippen molar-refractivity contribution in [3.63, 3.8) is 0 Å². The molecular formula is C22H24O4. The molecule has 3 aromatic rings. The summed E-state index contributed by atoms with van der Waals surface area (Å²) in [5, 5.41) is 10.2. The normalized spacial score (nSPS) is 11.7. The minimum Gasteiger partial charge on any atom is -0.493 e. The lowest BCUT2D eigenvalue weighted by atomic mass is 9.96. The van der Waals surface area contributed by atoms with Crippen molar-refractivity contribution in [2.24, 2.45) is 5.41 Å². The second-order valence-electron chi connectivity index (χ2n) is 7.27. The van der Waals surface area contributed by atoms with Crippen molar-refractivity contribution in [2.75, 3.05) is 13.2 Å². The van der Waals surface area contributed by atoms with Gasteiger partial charge in [0.25, 0.3) is 0 Å². The van der Waals surface area contributed by atoms with Crippen LogP contribution in [0.2, 0.25) is 0 Å². The zero-order valence-corrected chi connectivity index (χ0v) is 15.4. The number of fused-ring (bicyclic) bond motifs is 1. The van der Waals surface area contributed by atoms with Crippen molar-refractivity contribution in [3.8, 4) is 16.9 Å². The number of hydrogen-bond donors (Lipinski definition) is 1. The van der Waals surface area contributed by atoms with E-state index in [1.807, 2.05) is 56.3 Å². The average molecular weight is 352 g/mol. The van der Waals surface area contributed by atoms with Crippen molar-refractivity contribution < 1.29 is 14.3 Å². The van der Waals surface area contributed by atoms with Crippen molar-refractivity contribution in [1.82, 2.24) is 0 Å². The van der Waals surface area contributed by atoms with E-state index in [2.05, 4.69) is 6.92 Å². The highest BCUT2D eigenvalue weighted by Gasteiger charge is 2.18. The first-order valence-corrected chi connectivity index (χ1v) is 8.83. The molecule has 0 saturated carbocycles. The maximum absolute atomic E-state index is 12.5. The molecule has 0 aliphatic heterocycles. The van der Waals surface area contributed by atoms with Gasteiger partial charge in [0.05, 0.1) is 18.8 Å². The van der Waals surface area contributed by atoms with Gasteiger partial charge in [-0.15, -0.1) is 0 Å². The van der Waals surface area contributed by atoms with Crippen LogP contribution in [0.5, 0.6) is 5.75 Å². The van der Waals surface area contributed by atoms with Crippen LogP contribution in [0, 0.1) is 5.41 Å². The van der Waals surface area contributed by atoms with Crippen molar-refractivity contribution in [2.45, 2.75) is 27.2 Å². The molecule has 0 spiro atoms. The Balaban J connectivity index is 1.98. The summed E-state index contributed by atoms with van der Waals surface area (Å²) in [6, 6.07) is 15.2. The Hall–Kier alpha value is -2.59. The summed E-state index contributed by atoms with van der Waals surface area (Å²) in [5.41, 5.74) is 2.41. The Labute approximate surface area is 153 Å². The Morgan fingerprint density at radius 3 is 2.58 bits per heavy atom. The second-order valence-corrected chi connectivity index (χ2v) is 7.27. The molecule has 0 amide bonds. The number of rotatable bonds is 6. The highest BCUT2D eigenvalue weighted by atomic mass is 16.5. The van der Waals surface area contributed by atoms with Crippen LogP contribution in [0.1, 0.15) is 26.3 Å². The molecule has 1 aromatic heterocycles. The molecule has 0 unspecified atom stereocenters. The Kier molecular flexibility index (Phi) is 5.14. The summed E-state index contributed by atoms with van der Waals surface area (Å²) < 4.78 is 11.3. The van der Waals surface area contributed by atoms with E-state index in [4.69, 9.17) is 9.15 Å². The zero-order valence-electron chi connectivity index (χ0n) is 15.4. The predicted octanol–water partition coefficient (Wildman–Crippen LogP) is 4.42. The van der Waals surface area contributed by atoms with Crippen LogP contribution in [-0.2, 0) is 6.42 Å². The van der Waals surface area contributed by atoms with Gasteiger partial charge in [0.1, 0.15) is 11.3 Å². The third kappa shape index (κ3) is 3.81. The highest BCUT2D eigenvalue weighted by molar-refractivity contribution is 5.83. The third-order valence-corrected chi connectivity index (χ3v) is 4.45. The van der Waals surface area contributed by atoms with Gasteiger partial charge in [0, 0.05) is 16.9 Å². The van der Waals surface area contributed by atoms with Gasteiger partial charge in [-0.2, -0.15) is 0 Å². The Morgan fingerprint density at radius 1 is 1.08 bits per heavy atom. The van der Waals surface area contributed by atoms with Gasteiger partial charge >= 0.3 is 5.63 Å². The third-order valence-electron chi connectivity index (χ3n) is 4.45. The number of hydrogen-bond acceptors (Lipinski definition) is 4. The van der Waals surface area contributed by atoms with Gasteiger partial charge in [-0.05, 0) is 35.7 Å². The lowest BCUT2D eigenvalue weighted by molar-refractivity contribution is 0.0976. The first-order chi connectivity index (χ1) is 12.4. The Morgan fingerprint density at radius 2 is 1.85 bits per heavy atom. The lowest BCUT2D eigenvalue weighted by Gasteiger charge is -2.21. The fourth-order valence-electron chi connectivity index (χ4n) is 2.78. The molecule has 0 fully saturated rings. The first kappa shape index (κ1) is 18.2. The summed E-state index contributed by atoms with van der Waals surface area (Å²) in [7, 11) is 0. The summed E-state index contributed by atoms with van der Waals surface area (Å²) in [6.45, 7) is 6.33. The van der Waals surface area contributed by atoms with Crippen LogP contribution < -0.4 is 10.4 Å². The molecule has 4 heteroatoms. The number of aryl methyl sites for hydroxylation is 1. The maximum Gasteiger partial charge on any atom is 0.344 e. The summed E-state index contributed by atoms with van der Waals surface area (Å²) in [5.74, 6) is 0.615. The van der Waals surface area contributed by atoms with Crippen LogP contribution in [-0.4, -0.2) is 18.3 Å². The molecule has 1 heterocycles. The fourth-order valence-corrected chi connectivity index (χ4v) is 2.78. The molecule has 0 aliphatic carbocycles. The van der Waals surface area contributed by atoms with Gasteiger partial charge < -0.3 is 14.3 Å². The van der Waals surface area contributed by atoms with Gasteiger partial charge in [0.2, 0.25) is 0 Å². The summed E-state index contributed by atoms with van der Waals surface area (Å²) >= 11 is 0. The van der Waals surface area contributed by atoms with Crippen LogP contribution in [0.15, 0.2) is 57.7 Å². The number of aliphatic hydroxyl groups is 1. The van der Waals surface area contributed by atoms with Crippen molar-refractivity contribution >= 4 is 11.0 Å². The molecule has 1 N–H and O–H groups in total. The van der Waals surface area contributed by atoms with Crippen molar-refractivity contribution in [1.29, 1.82) is 0 Å². The Bertz CT molecular complexity index is 969. The van der Waals surface area contributed by atoms with E-state index in [0.29, 0.717) is 23.5 Å². The molecule has 26 heavy (non-hydrogen) atoms. The molecule has 4 nitrogen and oxygen atoms in total. The highest BCUT2D eigenvalue weighted by Crippen LogP contribution is 2.27. The molecular weight excluding hydrogens is 328 g/mol. The molecule has 0 aliphatic rings. The van der Waals surface area contributed by atoms with E-state index >= 15 is 0 Å². The summed E-state index contributed by atoms with van der Waals surface area (Å²) in [6.07, 6.45) is 0.848. The SMILES string of the molecule is CCc1ccccc1-c1cc2ccc(OCC(C)(C)CO)cc2oc1=O.